The van der Waals surface area contributed by atoms with Crippen molar-refractivity contribution in [1.29, 1.82) is 0 Å². The smallest absolute Gasteiger partial charge is 0.354 e. The van der Waals surface area contributed by atoms with Crippen LogP contribution in [0, 0.1) is 0 Å². The molecular weight excluding hydrogens is 543 g/mol. The van der Waals surface area contributed by atoms with Gasteiger partial charge in [-0.2, -0.15) is 13.2 Å². The van der Waals surface area contributed by atoms with Gasteiger partial charge >= 0.3 is 6.18 Å². The highest BCUT2D eigenvalue weighted by atomic mass is 35.5. The lowest BCUT2D eigenvalue weighted by molar-refractivity contribution is -0.141. The lowest BCUT2D eigenvalue weighted by Gasteiger charge is -2.31. The number of carbonyl (C=O) groups is 2. The number of anilines is 1. The largest absolute Gasteiger partial charge is 0.416 e. The fourth-order valence-corrected chi connectivity index (χ4v) is 5.09. The maximum atomic E-state index is 13.4. The zero-order valence-electron chi connectivity index (χ0n) is 21.6. The van der Waals surface area contributed by atoms with Crippen molar-refractivity contribution in [3.8, 4) is 0 Å². The van der Waals surface area contributed by atoms with Crippen LogP contribution in [0.5, 0.6) is 0 Å². The zero-order chi connectivity index (χ0) is 28.5. The molecule has 0 heterocycles. The van der Waals surface area contributed by atoms with Gasteiger partial charge in [-0.05, 0) is 49.1 Å². The molecule has 0 bridgehead atoms. The Morgan fingerprint density at radius 1 is 1.08 bits per heavy atom. The minimum atomic E-state index is -4.64. The van der Waals surface area contributed by atoms with Crippen molar-refractivity contribution in [2.24, 2.45) is 0 Å². The maximum absolute atomic E-state index is 13.4. The second kappa shape index (κ2) is 13.8. The molecule has 0 aliphatic rings. The number of nitrogens with one attached hydrogen (secondary N) is 1. The summed E-state index contributed by atoms with van der Waals surface area (Å²) in [6, 6.07) is 10.2. The first-order valence-corrected chi connectivity index (χ1v) is 14.5. The number of amides is 2. The normalized spacial score (nSPS) is 12.6. The summed E-state index contributed by atoms with van der Waals surface area (Å²) >= 11 is 6.30. The first-order chi connectivity index (χ1) is 17.8. The van der Waals surface area contributed by atoms with Crippen molar-refractivity contribution in [1.82, 2.24) is 10.2 Å². The van der Waals surface area contributed by atoms with Gasteiger partial charge in [0.2, 0.25) is 21.8 Å². The Morgan fingerprint density at radius 3 is 2.34 bits per heavy atom. The third-order valence-electron chi connectivity index (χ3n) is 5.85. The van der Waals surface area contributed by atoms with Gasteiger partial charge in [0.1, 0.15) is 6.04 Å². The maximum Gasteiger partial charge on any atom is 0.416 e. The van der Waals surface area contributed by atoms with E-state index in [2.05, 4.69) is 5.32 Å². The monoisotopic (exact) mass is 575 g/mol. The summed E-state index contributed by atoms with van der Waals surface area (Å²) in [5.74, 6) is -0.711. The number of sulfonamides is 1. The van der Waals surface area contributed by atoms with Gasteiger partial charge in [0.25, 0.3) is 0 Å². The zero-order valence-corrected chi connectivity index (χ0v) is 23.2. The van der Waals surface area contributed by atoms with Gasteiger partial charge in [-0.25, -0.2) is 8.42 Å². The predicted molar refractivity (Wildman–Crippen MR) is 142 cm³/mol. The second-order valence-electron chi connectivity index (χ2n) is 8.81. The molecule has 7 nitrogen and oxygen atoms in total. The van der Waals surface area contributed by atoms with E-state index in [9.17, 15) is 31.2 Å². The van der Waals surface area contributed by atoms with Gasteiger partial charge in [0, 0.05) is 31.1 Å². The van der Waals surface area contributed by atoms with E-state index in [4.69, 9.17) is 11.6 Å². The number of hydrogen-bond donors (Lipinski definition) is 1. The van der Waals surface area contributed by atoms with Crippen LogP contribution in [0.1, 0.15) is 50.7 Å². The summed E-state index contributed by atoms with van der Waals surface area (Å²) in [6.07, 6.45) is -2.80. The average molecular weight is 576 g/mol. The van der Waals surface area contributed by atoms with Crippen LogP contribution in [0.4, 0.5) is 18.9 Å². The molecule has 2 aromatic rings. The van der Waals surface area contributed by atoms with E-state index in [0.29, 0.717) is 23.6 Å². The number of nitrogens with zero attached hydrogens (tertiary/aromatic N) is 2. The van der Waals surface area contributed by atoms with Crippen LogP contribution in [0.25, 0.3) is 0 Å². The minimum absolute atomic E-state index is 0.0220. The van der Waals surface area contributed by atoms with Crippen molar-refractivity contribution in [3.05, 3.63) is 64.7 Å². The Bertz CT molecular complexity index is 1210. The Balaban J connectivity index is 2.26. The van der Waals surface area contributed by atoms with Crippen LogP contribution in [0.3, 0.4) is 0 Å². The van der Waals surface area contributed by atoms with Crippen LogP contribution in [-0.4, -0.2) is 50.5 Å². The van der Waals surface area contributed by atoms with Crippen LogP contribution >= 0.6 is 11.6 Å². The first-order valence-electron chi connectivity index (χ1n) is 12.2. The van der Waals surface area contributed by atoms with Gasteiger partial charge in [0.15, 0.2) is 0 Å². The van der Waals surface area contributed by atoms with E-state index >= 15 is 0 Å². The molecule has 0 aromatic heterocycles. The number of alkyl halides is 3. The van der Waals surface area contributed by atoms with E-state index in [1.54, 1.807) is 31.2 Å². The minimum Gasteiger partial charge on any atom is -0.354 e. The molecule has 12 heteroatoms. The van der Waals surface area contributed by atoms with Crippen molar-refractivity contribution < 1.29 is 31.2 Å². The van der Waals surface area contributed by atoms with Gasteiger partial charge in [0.05, 0.1) is 17.5 Å². The molecule has 0 saturated carbocycles. The quantitative estimate of drug-likeness (QED) is 0.354. The van der Waals surface area contributed by atoms with Crippen molar-refractivity contribution in [2.75, 3.05) is 23.7 Å². The van der Waals surface area contributed by atoms with E-state index in [1.807, 2.05) is 6.92 Å². The number of halogens is 4. The highest BCUT2D eigenvalue weighted by Gasteiger charge is 2.32. The van der Waals surface area contributed by atoms with Crippen molar-refractivity contribution >= 4 is 39.1 Å². The Morgan fingerprint density at radius 2 is 1.76 bits per heavy atom. The van der Waals surface area contributed by atoms with E-state index < -0.39 is 33.7 Å². The summed E-state index contributed by atoms with van der Waals surface area (Å²) in [7, 11) is -3.94. The number of hydrogen-bond acceptors (Lipinski definition) is 4. The number of carbonyl (C=O) groups excluding carboxylic acids is 2. The summed E-state index contributed by atoms with van der Waals surface area (Å²) < 4.78 is 65.2. The average Bonchev–Trinajstić information content (AvgIpc) is 2.85. The Hall–Kier alpha value is -2.79. The van der Waals surface area contributed by atoms with E-state index in [0.717, 1.165) is 35.2 Å². The fraction of sp³-hybridized carbons (Fsp3) is 0.462. The molecule has 0 unspecified atom stereocenters. The Labute approximate surface area is 227 Å². The van der Waals surface area contributed by atoms with Gasteiger partial charge in [-0.15, -0.1) is 0 Å². The van der Waals surface area contributed by atoms with Crippen LogP contribution in [0.2, 0.25) is 5.02 Å². The van der Waals surface area contributed by atoms with Crippen molar-refractivity contribution in [2.45, 2.75) is 58.3 Å². The molecular formula is C26H33ClF3N3O4S. The first kappa shape index (κ1) is 31.4. The third kappa shape index (κ3) is 8.90. The highest BCUT2D eigenvalue weighted by Crippen LogP contribution is 2.32. The van der Waals surface area contributed by atoms with Crippen LogP contribution in [-0.2, 0) is 32.3 Å². The third-order valence-corrected chi connectivity index (χ3v) is 7.41. The molecule has 2 aromatic carbocycles. The molecule has 0 radical (unpaired) electrons. The molecule has 0 fully saturated rings. The highest BCUT2D eigenvalue weighted by molar-refractivity contribution is 7.92. The summed E-state index contributed by atoms with van der Waals surface area (Å²) in [5, 5.41) is 3.24. The molecule has 2 amide bonds. The number of benzene rings is 2. The van der Waals surface area contributed by atoms with E-state index in [-0.39, 0.29) is 37.5 Å². The molecule has 210 valence electrons. The molecule has 1 atom stereocenters. The summed E-state index contributed by atoms with van der Waals surface area (Å²) in [6.45, 7) is 3.99. The van der Waals surface area contributed by atoms with Crippen LogP contribution in [0.15, 0.2) is 48.5 Å². The summed E-state index contributed by atoms with van der Waals surface area (Å²) in [4.78, 5) is 27.6. The standard InChI is InChI=1S/C26H33ClF3N3O4S/c1-4-15-31-25(35)23(5-2)32(18-19-10-6-7-13-22(19)27)24(34)14-9-16-33(38(3,36)37)21-12-8-11-20(17-21)26(28,29)30/h6-8,10-13,17,23H,4-5,9,14-16,18H2,1-3H3,(H,31,35)/t23-/m1/s1. The lowest BCUT2D eigenvalue weighted by Crippen LogP contribution is -2.49. The SMILES string of the molecule is CCCNC(=O)[C@@H](CC)N(Cc1ccccc1Cl)C(=O)CCCN(c1cccc(C(F)(F)F)c1)S(C)(=O)=O. The molecule has 0 saturated heterocycles. The van der Waals surface area contributed by atoms with Crippen molar-refractivity contribution in [3.63, 3.8) is 0 Å². The van der Waals surface area contributed by atoms with Gasteiger partial charge in [-0.1, -0.05) is 49.7 Å². The molecule has 0 spiro atoms. The summed E-state index contributed by atoms with van der Waals surface area (Å²) in [5.41, 5.74) is -0.478. The molecule has 1 N–H and O–H groups in total. The topological polar surface area (TPSA) is 86.8 Å². The fourth-order valence-electron chi connectivity index (χ4n) is 3.94. The van der Waals surface area contributed by atoms with E-state index in [1.165, 1.54) is 11.0 Å². The van der Waals surface area contributed by atoms with Gasteiger partial charge < -0.3 is 10.2 Å². The molecule has 0 aliphatic heterocycles. The number of rotatable bonds is 13. The predicted octanol–water partition coefficient (Wildman–Crippen LogP) is 5.24. The lowest BCUT2D eigenvalue weighted by atomic mass is 10.1. The van der Waals surface area contributed by atoms with Crippen LogP contribution < -0.4 is 9.62 Å². The molecule has 0 aliphatic carbocycles. The molecule has 38 heavy (non-hydrogen) atoms. The Kier molecular flexibility index (Phi) is 11.4. The van der Waals surface area contributed by atoms with Gasteiger partial charge in [-0.3, -0.25) is 13.9 Å². The molecule has 2 rings (SSSR count). The second-order valence-corrected chi connectivity index (χ2v) is 11.1.